The number of fused-ring (bicyclic) bond motifs is 1. The number of hydrogen-bond donors (Lipinski definition) is 0. The Morgan fingerprint density at radius 1 is 1.20 bits per heavy atom. The zero-order valence-electron chi connectivity index (χ0n) is 11.3. The van der Waals surface area contributed by atoms with Gasteiger partial charge in [0.25, 0.3) is 0 Å². The number of thioether (sulfide) groups is 1. The molecule has 0 aliphatic carbocycles. The van der Waals surface area contributed by atoms with Gasteiger partial charge in [-0.25, -0.2) is 9.97 Å². The molecular formula is C15H14BrN3S. The van der Waals surface area contributed by atoms with Gasteiger partial charge in [-0.3, -0.25) is 0 Å². The second-order valence-corrected chi connectivity index (χ2v) is 6.59. The van der Waals surface area contributed by atoms with Crippen LogP contribution in [0.3, 0.4) is 0 Å². The van der Waals surface area contributed by atoms with Crippen molar-refractivity contribution in [3.05, 3.63) is 58.1 Å². The summed E-state index contributed by atoms with van der Waals surface area (Å²) in [6.45, 7) is 4.26. The van der Waals surface area contributed by atoms with Gasteiger partial charge in [0.1, 0.15) is 9.63 Å². The predicted molar refractivity (Wildman–Crippen MR) is 86.2 cm³/mol. The van der Waals surface area contributed by atoms with Crippen molar-refractivity contribution >= 4 is 33.3 Å². The fourth-order valence-corrected chi connectivity index (χ4v) is 3.71. The molecule has 102 valence electrons. The Morgan fingerprint density at radius 2 is 1.95 bits per heavy atom. The van der Waals surface area contributed by atoms with Crippen LogP contribution in [0.5, 0.6) is 0 Å². The van der Waals surface area contributed by atoms with Gasteiger partial charge in [-0.05, 0) is 35.3 Å². The van der Waals surface area contributed by atoms with Crippen LogP contribution in [-0.4, -0.2) is 14.4 Å². The van der Waals surface area contributed by atoms with Gasteiger partial charge in [0.05, 0.1) is 0 Å². The van der Waals surface area contributed by atoms with Crippen molar-refractivity contribution in [2.45, 2.75) is 24.6 Å². The Kier molecular flexibility index (Phi) is 3.81. The molecule has 5 heteroatoms. The van der Waals surface area contributed by atoms with Crippen molar-refractivity contribution in [1.29, 1.82) is 0 Å². The maximum Gasteiger partial charge on any atom is 0.169 e. The molecule has 0 saturated carbocycles. The number of aryl methyl sites for hydroxylation is 2. The van der Waals surface area contributed by atoms with E-state index >= 15 is 0 Å². The molecule has 2 heterocycles. The fourth-order valence-electron chi connectivity index (χ4n) is 2.27. The van der Waals surface area contributed by atoms with Crippen LogP contribution >= 0.6 is 27.7 Å². The van der Waals surface area contributed by atoms with Gasteiger partial charge in [-0.1, -0.05) is 41.1 Å². The van der Waals surface area contributed by atoms with Gasteiger partial charge in [-0.2, -0.15) is 0 Å². The van der Waals surface area contributed by atoms with Crippen LogP contribution < -0.4 is 0 Å². The lowest BCUT2D eigenvalue weighted by Crippen LogP contribution is -1.92. The Morgan fingerprint density at radius 3 is 2.70 bits per heavy atom. The minimum absolute atomic E-state index is 0.825. The highest BCUT2D eigenvalue weighted by Crippen LogP contribution is 2.26. The van der Waals surface area contributed by atoms with Crippen molar-refractivity contribution in [2.24, 2.45) is 0 Å². The first kappa shape index (κ1) is 13.6. The molecule has 0 amide bonds. The smallest absolute Gasteiger partial charge is 0.169 e. The minimum atomic E-state index is 0.825. The first-order valence-electron chi connectivity index (χ1n) is 6.31. The largest absolute Gasteiger partial charge is 0.302 e. The quantitative estimate of drug-likeness (QED) is 0.657. The summed E-state index contributed by atoms with van der Waals surface area (Å²) >= 11 is 5.16. The van der Waals surface area contributed by atoms with E-state index in [1.54, 1.807) is 18.0 Å². The van der Waals surface area contributed by atoms with Crippen LogP contribution in [0.25, 0.3) is 5.65 Å². The molecule has 0 saturated heterocycles. The number of rotatable bonds is 3. The van der Waals surface area contributed by atoms with Gasteiger partial charge >= 0.3 is 0 Å². The average molecular weight is 348 g/mol. The molecule has 3 nitrogen and oxygen atoms in total. The number of hydrogen-bond acceptors (Lipinski definition) is 3. The summed E-state index contributed by atoms with van der Waals surface area (Å²) < 4.78 is 2.81. The molecule has 0 aliphatic heterocycles. The van der Waals surface area contributed by atoms with Crippen LogP contribution in [0.1, 0.15) is 16.7 Å². The summed E-state index contributed by atoms with van der Waals surface area (Å²) in [6.07, 6.45) is 5.65. The van der Waals surface area contributed by atoms with Gasteiger partial charge in [-0.15, -0.1) is 0 Å². The zero-order valence-corrected chi connectivity index (χ0v) is 13.7. The van der Waals surface area contributed by atoms with E-state index in [2.05, 4.69) is 57.9 Å². The molecule has 0 spiro atoms. The second-order valence-electron chi connectivity index (χ2n) is 4.81. The summed E-state index contributed by atoms with van der Waals surface area (Å²) in [4.78, 5) is 8.90. The van der Waals surface area contributed by atoms with Crippen molar-refractivity contribution in [3.8, 4) is 0 Å². The predicted octanol–water partition coefficient (Wildman–Crippen LogP) is 4.40. The van der Waals surface area contributed by atoms with Crippen LogP contribution in [0.4, 0.5) is 0 Å². The average Bonchev–Trinajstić information content (AvgIpc) is 2.82. The van der Waals surface area contributed by atoms with E-state index in [-0.39, 0.29) is 0 Å². The lowest BCUT2D eigenvalue weighted by Gasteiger charge is -2.06. The highest BCUT2D eigenvalue weighted by atomic mass is 79.9. The molecule has 0 radical (unpaired) electrons. The van der Waals surface area contributed by atoms with Crippen LogP contribution in [0, 0.1) is 13.8 Å². The highest BCUT2D eigenvalue weighted by Gasteiger charge is 2.07. The molecular weight excluding hydrogens is 334 g/mol. The Hall–Kier alpha value is -1.33. The summed E-state index contributed by atoms with van der Waals surface area (Å²) in [5.41, 5.74) is 4.82. The van der Waals surface area contributed by atoms with Crippen LogP contribution in [-0.2, 0) is 5.75 Å². The van der Waals surface area contributed by atoms with E-state index in [1.165, 1.54) is 16.7 Å². The number of benzene rings is 1. The molecule has 0 N–H and O–H groups in total. The standard InChI is InChI=1S/C15H14BrN3S/c1-10-5-11(2)7-12(6-10)9-20-15-14-17-3-4-19(14)8-13(16)18-15/h3-8H,9H2,1-2H3. The van der Waals surface area contributed by atoms with E-state index in [1.807, 2.05) is 16.8 Å². The molecule has 2 aromatic heterocycles. The third kappa shape index (κ3) is 2.88. The number of aromatic nitrogens is 3. The summed E-state index contributed by atoms with van der Waals surface area (Å²) in [5.74, 6) is 0.897. The van der Waals surface area contributed by atoms with Crippen molar-refractivity contribution < 1.29 is 0 Å². The molecule has 0 bridgehead atoms. The second kappa shape index (κ2) is 5.58. The Balaban J connectivity index is 1.88. The van der Waals surface area contributed by atoms with E-state index < -0.39 is 0 Å². The number of nitrogens with zero attached hydrogens (tertiary/aromatic N) is 3. The van der Waals surface area contributed by atoms with Gasteiger partial charge in [0.15, 0.2) is 5.65 Å². The number of imidazole rings is 1. The minimum Gasteiger partial charge on any atom is -0.302 e. The van der Waals surface area contributed by atoms with Crippen molar-refractivity contribution in [2.75, 3.05) is 0 Å². The van der Waals surface area contributed by atoms with Gasteiger partial charge < -0.3 is 4.40 Å². The van der Waals surface area contributed by atoms with Gasteiger partial charge in [0, 0.05) is 24.3 Å². The summed E-state index contributed by atoms with van der Waals surface area (Å²) in [6, 6.07) is 6.64. The van der Waals surface area contributed by atoms with Crippen LogP contribution in [0.15, 0.2) is 46.4 Å². The normalized spacial score (nSPS) is 11.2. The van der Waals surface area contributed by atoms with Gasteiger partial charge in [0.2, 0.25) is 0 Å². The van der Waals surface area contributed by atoms with E-state index in [0.29, 0.717) is 0 Å². The van der Waals surface area contributed by atoms with E-state index in [0.717, 1.165) is 21.0 Å². The van der Waals surface area contributed by atoms with Crippen molar-refractivity contribution in [3.63, 3.8) is 0 Å². The van der Waals surface area contributed by atoms with E-state index in [9.17, 15) is 0 Å². The topological polar surface area (TPSA) is 30.2 Å². The summed E-state index contributed by atoms with van der Waals surface area (Å²) in [7, 11) is 0. The zero-order chi connectivity index (χ0) is 14.1. The maximum atomic E-state index is 4.53. The molecule has 0 unspecified atom stereocenters. The lowest BCUT2D eigenvalue weighted by molar-refractivity contribution is 1.01. The SMILES string of the molecule is Cc1cc(C)cc(CSc2nc(Br)cn3ccnc23)c1. The molecule has 3 aromatic rings. The third-order valence-electron chi connectivity index (χ3n) is 2.97. The lowest BCUT2D eigenvalue weighted by atomic mass is 10.1. The molecule has 0 atom stereocenters. The molecule has 1 aromatic carbocycles. The van der Waals surface area contributed by atoms with Crippen molar-refractivity contribution in [1.82, 2.24) is 14.4 Å². The van der Waals surface area contributed by atoms with E-state index in [4.69, 9.17) is 0 Å². The molecule has 0 aliphatic rings. The monoisotopic (exact) mass is 347 g/mol. The van der Waals surface area contributed by atoms with Crippen LogP contribution in [0.2, 0.25) is 0 Å². The first-order valence-corrected chi connectivity index (χ1v) is 8.09. The highest BCUT2D eigenvalue weighted by molar-refractivity contribution is 9.10. The first-order chi connectivity index (χ1) is 9.61. The summed E-state index contributed by atoms with van der Waals surface area (Å²) in [5, 5.41) is 0.948. The fraction of sp³-hybridized carbons (Fsp3) is 0.200. The maximum absolute atomic E-state index is 4.53. The Labute approximate surface area is 130 Å². The molecule has 0 fully saturated rings. The molecule has 3 rings (SSSR count). The Bertz CT molecular complexity index is 747. The molecule has 20 heavy (non-hydrogen) atoms. The third-order valence-corrected chi connectivity index (χ3v) is 4.38. The number of halogens is 1.